The summed E-state index contributed by atoms with van der Waals surface area (Å²) in [6.45, 7) is 12.8. The molecule has 162 valence electrons. The second-order valence-electron chi connectivity index (χ2n) is 9.58. The first kappa shape index (κ1) is 23.4. The van der Waals surface area contributed by atoms with Gasteiger partial charge in [-0.1, -0.05) is 40.0 Å². The highest BCUT2D eigenvalue weighted by atomic mass is 16.3. The quantitative estimate of drug-likeness (QED) is 0.696. The van der Waals surface area contributed by atoms with Crippen molar-refractivity contribution in [2.24, 2.45) is 17.3 Å². The van der Waals surface area contributed by atoms with Gasteiger partial charge in [0.25, 0.3) is 0 Å². The lowest BCUT2D eigenvalue weighted by Crippen LogP contribution is -2.45. The van der Waals surface area contributed by atoms with Gasteiger partial charge in [0.1, 0.15) is 5.65 Å². The number of aromatic nitrogens is 2. The molecule has 2 aromatic rings. The molecule has 0 aliphatic heterocycles. The summed E-state index contributed by atoms with van der Waals surface area (Å²) < 4.78 is 2.11. The molecule has 1 aliphatic rings. The molecular weight excluding hydrogens is 362 g/mol. The molecule has 3 atom stereocenters. The molecule has 0 saturated heterocycles. The lowest BCUT2D eigenvalue weighted by Gasteiger charge is -2.38. The summed E-state index contributed by atoms with van der Waals surface area (Å²) in [5, 5.41) is 12.1. The zero-order valence-corrected chi connectivity index (χ0v) is 19.0. The fourth-order valence-corrected chi connectivity index (χ4v) is 4.76. The Morgan fingerprint density at radius 3 is 2.69 bits per heavy atom. The van der Waals surface area contributed by atoms with Gasteiger partial charge in [-0.2, -0.15) is 0 Å². The SMILES string of the molecule is CC1CCCC(CC(C)(C)C(CO)NC=O)C1.Cc1cc(C)n2ccc(C)c2n1. The fraction of sp³-hybridized carbons (Fsp3) is 0.667. The second-order valence-corrected chi connectivity index (χ2v) is 9.58. The largest absolute Gasteiger partial charge is 0.394 e. The van der Waals surface area contributed by atoms with Crippen molar-refractivity contribution in [3.05, 3.63) is 35.3 Å². The third-order valence-corrected chi connectivity index (χ3v) is 6.39. The molecule has 1 saturated carbocycles. The van der Waals surface area contributed by atoms with E-state index in [-0.39, 0.29) is 18.1 Å². The van der Waals surface area contributed by atoms with Gasteiger partial charge in [0.05, 0.1) is 12.6 Å². The van der Waals surface area contributed by atoms with Gasteiger partial charge in [0, 0.05) is 17.6 Å². The van der Waals surface area contributed by atoms with Gasteiger partial charge in [-0.15, -0.1) is 0 Å². The number of fused-ring (bicyclic) bond motifs is 1. The first-order valence-electron chi connectivity index (χ1n) is 10.9. The Morgan fingerprint density at radius 1 is 1.34 bits per heavy atom. The first-order valence-corrected chi connectivity index (χ1v) is 10.9. The molecule has 5 nitrogen and oxygen atoms in total. The lowest BCUT2D eigenvalue weighted by molar-refractivity contribution is -0.111. The van der Waals surface area contributed by atoms with Crippen LogP contribution < -0.4 is 5.32 Å². The predicted molar refractivity (Wildman–Crippen MR) is 119 cm³/mol. The monoisotopic (exact) mass is 401 g/mol. The van der Waals surface area contributed by atoms with Gasteiger partial charge in [0.15, 0.2) is 0 Å². The van der Waals surface area contributed by atoms with Crippen LogP contribution >= 0.6 is 0 Å². The molecule has 3 unspecified atom stereocenters. The number of hydrogen-bond acceptors (Lipinski definition) is 3. The third kappa shape index (κ3) is 6.30. The highest BCUT2D eigenvalue weighted by molar-refractivity contribution is 5.49. The van der Waals surface area contributed by atoms with Crippen molar-refractivity contribution in [3.8, 4) is 0 Å². The number of carbonyl (C=O) groups is 1. The number of amides is 1. The van der Waals surface area contributed by atoms with Crippen LogP contribution in [0, 0.1) is 38.0 Å². The minimum Gasteiger partial charge on any atom is -0.394 e. The number of aryl methyl sites for hydroxylation is 3. The first-order chi connectivity index (χ1) is 13.7. The summed E-state index contributed by atoms with van der Waals surface area (Å²) in [5.74, 6) is 1.58. The van der Waals surface area contributed by atoms with Crippen LogP contribution in [0.15, 0.2) is 18.3 Å². The number of aliphatic hydroxyl groups excluding tert-OH is 1. The maximum Gasteiger partial charge on any atom is 0.207 e. The van der Waals surface area contributed by atoms with Gasteiger partial charge in [-0.05, 0) is 68.6 Å². The zero-order valence-electron chi connectivity index (χ0n) is 19.0. The van der Waals surface area contributed by atoms with Gasteiger partial charge in [-0.3, -0.25) is 4.79 Å². The number of nitrogens with one attached hydrogen (secondary N) is 1. The van der Waals surface area contributed by atoms with E-state index in [1.165, 1.54) is 36.9 Å². The predicted octanol–water partition coefficient (Wildman–Crippen LogP) is 4.60. The van der Waals surface area contributed by atoms with Crippen molar-refractivity contribution in [2.45, 2.75) is 79.7 Å². The summed E-state index contributed by atoms with van der Waals surface area (Å²) in [6, 6.07) is 4.05. The summed E-state index contributed by atoms with van der Waals surface area (Å²) >= 11 is 0. The Labute approximate surface area is 175 Å². The van der Waals surface area contributed by atoms with Crippen LogP contribution in [0.2, 0.25) is 0 Å². The molecule has 0 aromatic carbocycles. The van der Waals surface area contributed by atoms with Crippen molar-refractivity contribution >= 4 is 12.1 Å². The summed E-state index contributed by atoms with van der Waals surface area (Å²) in [4.78, 5) is 15.0. The molecule has 3 rings (SSSR count). The average molecular weight is 402 g/mol. The summed E-state index contributed by atoms with van der Waals surface area (Å²) in [7, 11) is 0. The molecule has 1 fully saturated rings. The van der Waals surface area contributed by atoms with Crippen LogP contribution in [0.5, 0.6) is 0 Å². The molecule has 0 bridgehead atoms. The van der Waals surface area contributed by atoms with E-state index in [0.29, 0.717) is 6.41 Å². The Kier molecular flexibility index (Phi) is 8.26. The number of nitrogens with zero attached hydrogens (tertiary/aromatic N) is 2. The van der Waals surface area contributed by atoms with E-state index in [1.807, 2.05) is 6.92 Å². The molecule has 2 heterocycles. The molecule has 0 radical (unpaired) electrons. The maximum atomic E-state index is 10.5. The Balaban J connectivity index is 0.000000218. The third-order valence-electron chi connectivity index (χ3n) is 6.39. The number of carbonyl (C=O) groups excluding carboxylic acids is 1. The Morgan fingerprint density at radius 2 is 2.07 bits per heavy atom. The lowest BCUT2D eigenvalue weighted by atomic mass is 9.71. The molecular formula is C24H39N3O2. The second kappa shape index (κ2) is 10.2. The Hall–Kier alpha value is -1.88. The van der Waals surface area contributed by atoms with E-state index in [0.717, 1.165) is 29.6 Å². The van der Waals surface area contributed by atoms with Crippen molar-refractivity contribution in [3.63, 3.8) is 0 Å². The molecule has 2 aromatic heterocycles. The van der Waals surface area contributed by atoms with E-state index < -0.39 is 0 Å². The smallest absolute Gasteiger partial charge is 0.207 e. The number of rotatable bonds is 6. The molecule has 0 spiro atoms. The minimum atomic E-state index is -0.128. The van der Waals surface area contributed by atoms with Gasteiger partial charge >= 0.3 is 0 Å². The maximum absolute atomic E-state index is 10.5. The molecule has 1 amide bonds. The number of hydrogen-bond donors (Lipinski definition) is 2. The highest BCUT2D eigenvalue weighted by Crippen LogP contribution is 2.38. The van der Waals surface area contributed by atoms with Crippen molar-refractivity contribution in [2.75, 3.05) is 6.61 Å². The number of aliphatic hydroxyl groups is 1. The zero-order chi connectivity index (χ0) is 21.6. The van der Waals surface area contributed by atoms with E-state index in [2.05, 4.69) is 67.6 Å². The van der Waals surface area contributed by atoms with Gasteiger partial charge in [0.2, 0.25) is 6.41 Å². The van der Waals surface area contributed by atoms with E-state index in [4.69, 9.17) is 0 Å². The average Bonchev–Trinajstić information content (AvgIpc) is 3.01. The van der Waals surface area contributed by atoms with Gasteiger partial charge in [-0.25, -0.2) is 4.98 Å². The highest BCUT2D eigenvalue weighted by Gasteiger charge is 2.33. The summed E-state index contributed by atoms with van der Waals surface area (Å²) in [6.07, 6.45) is 9.12. The normalized spacial score (nSPS) is 20.7. The molecule has 5 heteroatoms. The van der Waals surface area contributed by atoms with E-state index >= 15 is 0 Å². The molecule has 2 N–H and O–H groups in total. The van der Waals surface area contributed by atoms with Crippen molar-refractivity contribution in [1.29, 1.82) is 0 Å². The van der Waals surface area contributed by atoms with E-state index in [1.54, 1.807) is 0 Å². The standard InChI is InChI=1S/C14H27NO2.C10H12N2/c1-11-5-4-6-12(7-11)8-14(2,3)13(9-16)15-10-17;1-7-4-5-12-9(3)6-8(2)11-10(7)12/h10-13,16H,4-9H2,1-3H3,(H,15,17);4-6H,1-3H3. The minimum absolute atomic E-state index is 0.0218. The van der Waals surface area contributed by atoms with Crippen LogP contribution in [-0.4, -0.2) is 33.6 Å². The van der Waals surface area contributed by atoms with Crippen LogP contribution in [0.25, 0.3) is 5.65 Å². The fourth-order valence-electron chi connectivity index (χ4n) is 4.76. The van der Waals surface area contributed by atoms with Crippen LogP contribution in [0.4, 0.5) is 0 Å². The van der Waals surface area contributed by atoms with Crippen molar-refractivity contribution in [1.82, 2.24) is 14.7 Å². The van der Waals surface area contributed by atoms with Crippen LogP contribution in [-0.2, 0) is 4.79 Å². The van der Waals surface area contributed by atoms with Crippen LogP contribution in [0.1, 0.15) is 69.8 Å². The van der Waals surface area contributed by atoms with Crippen molar-refractivity contribution < 1.29 is 9.90 Å². The van der Waals surface area contributed by atoms with Gasteiger partial charge < -0.3 is 14.8 Å². The van der Waals surface area contributed by atoms with E-state index in [9.17, 15) is 9.90 Å². The summed E-state index contributed by atoms with van der Waals surface area (Å²) in [5.41, 5.74) is 4.61. The molecule has 29 heavy (non-hydrogen) atoms. The van der Waals surface area contributed by atoms with Crippen LogP contribution in [0.3, 0.4) is 0 Å². The topological polar surface area (TPSA) is 66.6 Å². The molecule has 1 aliphatic carbocycles. The Bertz CT molecular complexity index is 797.